The van der Waals surface area contributed by atoms with E-state index in [2.05, 4.69) is 34.6 Å². The van der Waals surface area contributed by atoms with E-state index < -0.39 is 0 Å². The molecule has 4 atom stereocenters. The summed E-state index contributed by atoms with van der Waals surface area (Å²) in [5, 5.41) is 0. The average molecular weight is 326 g/mol. The van der Waals surface area contributed by atoms with Crippen molar-refractivity contribution in [2.45, 2.75) is 59.7 Å². The van der Waals surface area contributed by atoms with Crippen LogP contribution in [0, 0.1) is 22.2 Å². The maximum Gasteiger partial charge on any atom is 0.104 e. The van der Waals surface area contributed by atoms with Gasteiger partial charge in [-0.15, -0.1) is 0 Å². The lowest BCUT2D eigenvalue weighted by molar-refractivity contribution is -0.108. The van der Waals surface area contributed by atoms with E-state index >= 15 is 0 Å². The molecule has 0 spiro atoms. The van der Waals surface area contributed by atoms with Crippen LogP contribution in [-0.2, 0) is 18.9 Å². The zero-order valence-electron chi connectivity index (χ0n) is 15.5. The van der Waals surface area contributed by atoms with Gasteiger partial charge in [-0.3, -0.25) is 0 Å². The Morgan fingerprint density at radius 3 is 1.83 bits per heavy atom. The van der Waals surface area contributed by atoms with E-state index in [0.29, 0.717) is 18.1 Å². The summed E-state index contributed by atoms with van der Waals surface area (Å²) < 4.78 is 22.8. The predicted octanol–water partition coefficient (Wildman–Crippen LogP) is 3.29. The van der Waals surface area contributed by atoms with Crippen molar-refractivity contribution in [2.24, 2.45) is 22.2 Å². The van der Waals surface area contributed by atoms with E-state index in [1.54, 1.807) is 0 Å². The van der Waals surface area contributed by atoms with Crippen LogP contribution < -0.4 is 0 Å². The Balaban J connectivity index is 1.73. The van der Waals surface area contributed by atoms with E-state index in [9.17, 15) is 0 Å². The van der Waals surface area contributed by atoms with Crippen molar-refractivity contribution >= 4 is 0 Å². The van der Waals surface area contributed by atoms with Crippen LogP contribution in [0.4, 0.5) is 0 Å². The van der Waals surface area contributed by atoms with E-state index in [1.165, 1.54) is 6.42 Å². The van der Waals surface area contributed by atoms with Crippen LogP contribution >= 0.6 is 0 Å². The smallest absolute Gasteiger partial charge is 0.104 e. The molecule has 0 N–H and O–H groups in total. The number of epoxide rings is 2. The highest BCUT2D eigenvalue weighted by atomic mass is 16.6. The molecule has 3 rings (SSSR count). The molecule has 4 heteroatoms. The molecule has 0 aromatic carbocycles. The van der Waals surface area contributed by atoms with Gasteiger partial charge < -0.3 is 18.9 Å². The van der Waals surface area contributed by atoms with Crippen LogP contribution in [0.5, 0.6) is 0 Å². The van der Waals surface area contributed by atoms with E-state index in [4.69, 9.17) is 18.9 Å². The van der Waals surface area contributed by atoms with Crippen LogP contribution in [0.3, 0.4) is 0 Å². The van der Waals surface area contributed by atoms with Gasteiger partial charge in [0.1, 0.15) is 12.2 Å². The minimum absolute atomic E-state index is 0.0778. The van der Waals surface area contributed by atoms with Crippen molar-refractivity contribution < 1.29 is 18.9 Å². The maximum atomic E-state index is 6.12. The molecule has 2 heterocycles. The van der Waals surface area contributed by atoms with Gasteiger partial charge in [-0.05, 0) is 29.6 Å². The highest BCUT2D eigenvalue weighted by molar-refractivity contribution is 5.11. The molecule has 0 bridgehead atoms. The Morgan fingerprint density at radius 2 is 1.43 bits per heavy atom. The lowest BCUT2D eigenvalue weighted by atomic mass is 9.56. The maximum absolute atomic E-state index is 6.12. The van der Waals surface area contributed by atoms with Gasteiger partial charge in [0.25, 0.3) is 0 Å². The van der Waals surface area contributed by atoms with Gasteiger partial charge in [0, 0.05) is 5.41 Å². The van der Waals surface area contributed by atoms with Gasteiger partial charge in [-0.1, -0.05) is 34.6 Å². The summed E-state index contributed by atoms with van der Waals surface area (Å²) in [5.74, 6) is 0.661. The highest BCUT2D eigenvalue weighted by Gasteiger charge is 2.63. The van der Waals surface area contributed by atoms with Crippen LogP contribution in [0.15, 0.2) is 0 Å². The fourth-order valence-electron chi connectivity index (χ4n) is 4.70. The van der Waals surface area contributed by atoms with Crippen molar-refractivity contribution in [3.8, 4) is 0 Å². The molecule has 134 valence electrons. The third kappa shape index (κ3) is 3.20. The largest absolute Gasteiger partial charge is 0.378 e. The highest BCUT2D eigenvalue weighted by Crippen LogP contribution is 2.67. The molecule has 2 aliphatic heterocycles. The van der Waals surface area contributed by atoms with E-state index in [0.717, 1.165) is 46.1 Å². The predicted molar refractivity (Wildman–Crippen MR) is 89.5 cm³/mol. The minimum atomic E-state index is 0.0778. The summed E-state index contributed by atoms with van der Waals surface area (Å²) in [6.45, 7) is 16.7. The molecule has 3 aliphatic rings. The first-order valence-electron chi connectivity index (χ1n) is 9.23. The standard InChI is InChI=1S/C19H34O4/c1-6-18(5)17(3,4)14(2)7-19(18,12-20-8-15-10-22-15)13-21-9-16-11-23-16/h14-16H,6-13H2,1-5H3. The summed E-state index contributed by atoms with van der Waals surface area (Å²) in [7, 11) is 0. The Hall–Kier alpha value is -0.160. The Bertz CT molecular complexity index is 396. The van der Waals surface area contributed by atoms with Gasteiger partial charge in [-0.25, -0.2) is 0 Å². The monoisotopic (exact) mass is 326 g/mol. The van der Waals surface area contributed by atoms with Crippen molar-refractivity contribution in [1.29, 1.82) is 0 Å². The first-order valence-corrected chi connectivity index (χ1v) is 9.23. The Labute approximate surface area is 141 Å². The Morgan fingerprint density at radius 1 is 0.957 bits per heavy atom. The molecule has 4 nitrogen and oxygen atoms in total. The fourth-order valence-corrected chi connectivity index (χ4v) is 4.70. The molecule has 0 radical (unpaired) electrons. The summed E-state index contributed by atoms with van der Waals surface area (Å²) in [5.41, 5.74) is 0.559. The SMILES string of the molecule is CCC1(C)C(COCC2CO2)(COCC2CO2)CC(C)C1(C)C. The van der Waals surface area contributed by atoms with E-state index in [1.807, 2.05) is 0 Å². The Kier molecular flexibility index (Phi) is 4.83. The van der Waals surface area contributed by atoms with Crippen molar-refractivity contribution in [3.63, 3.8) is 0 Å². The second-order valence-corrected chi connectivity index (χ2v) is 8.73. The number of hydrogen-bond donors (Lipinski definition) is 0. The molecule has 1 saturated carbocycles. The zero-order valence-corrected chi connectivity index (χ0v) is 15.5. The molecular weight excluding hydrogens is 292 g/mol. The van der Waals surface area contributed by atoms with Crippen molar-refractivity contribution in [2.75, 3.05) is 39.6 Å². The molecular formula is C19H34O4. The van der Waals surface area contributed by atoms with Gasteiger partial charge in [0.2, 0.25) is 0 Å². The zero-order chi connectivity index (χ0) is 16.7. The van der Waals surface area contributed by atoms with Gasteiger partial charge in [0.05, 0.1) is 39.6 Å². The third-order valence-electron chi connectivity index (χ3n) is 7.40. The molecule has 3 fully saturated rings. The number of hydrogen-bond acceptors (Lipinski definition) is 4. The molecule has 2 saturated heterocycles. The van der Waals surface area contributed by atoms with Gasteiger partial charge in [-0.2, -0.15) is 0 Å². The number of rotatable bonds is 9. The topological polar surface area (TPSA) is 43.5 Å². The second-order valence-electron chi connectivity index (χ2n) is 8.73. The lowest BCUT2D eigenvalue weighted by Crippen LogP contribution is -2.48. The molecule has 0 aromatic heterocycles. The molecule has 4 unspecified atom stereocenters. The summed E-state index contributed by atoms with van der Waals surface area (Å²) >= 11 is 0. The van der Waals surface area contributed by atoms with Gasteiger partial charge >= 0.3 is 0 Å². The molecule has 23 heavy (non-hydrogen) atoms. The third-order valence-corrected chi connectivity index (χ3v) is 7.40. The first-order chi connectivity index (χ1) is 10.8. The van der Waals surface area contributed by atoms with E-state index in [-0.39, 0.29) is 16.2 Å². The molecule has 1 aliphatic carbocycles. The summed E-state index contributed by atoms with van der Waals surface area (Å²) in [6.07, 6.45) is 2.97. The van der Waals surface area contributed by atoms with Crippen LogP contribution in [0.1, 0.15) is 47.5 Å². The normalized spacial score (nSPS) is 44.5. The van der Waals surface area contributed by atoms with Crippen molar-refractivity contribution in [1.82, 2.24) is 0 Å². The lowest BCUT2D eigenvalue weighted by Gasteiger charge is -2.50. The van der Waals surface area contributed by atoms with Crippen LogP contribution in [0.25, 0.3) is 0 Å². The quantitative estimate of drug-likeness (QED) is 0.610. The minimum Gasteiger partial charge on any atom is -0.378 e. The fraction of sp³-hybridized carbons (Fsp3) is 1.00. The summed E-state index contributed by atoms with van der Waals surface area (Å²) in [6, 6.07) is 0. The average Bonchev–Trinajstić information content (AvgIpc) is 3.39. The summed E-state index contributed by atoms with van der Waals surface area (Å²) in [4.78, 5) is 0. The first kappa shape index (κ1) is 17.7. The van der Waals surface area contributed by atoms with Crippen molar-refractivity contribution in [3.05, 3.63) is 0 Å². The second kappa shape index (κ2) is 6.29. The number of ether oxygens (including phenoxy) is 4. The molecule has 0 aromatic rings. The van der Waals surface area contributed by atoms with Crippen LogP contribution in [0.2, 0.25) is 0 Å². The van der Waals surface area contributed by atoms with Gasteiger partial charge in [0.15, 0.2) is 0 Å². The molecule has 0 amide bonds. The van der Waals surface area contributed by atoms with Crippen LogP contribution in [-0.4, -0.2) is 51.8 Å².